The van der Waals surface area contributed by atoms with Crippen molar-refractivity contribution in [2.24, 2.45) is 0 Å². The number of nitrogens with zero attached hydrogens (tertiary/aromatic N) is 5. The summed E-state index contributed by atoms with van der Waals surface area (Å²) in [6, 6.07) is 8.61. The number of carbonyl (C=O) groups excluding carboxylic acids is 1. The predicted octanol–water partition coefficient (Wildman–Crippen LogP) is 3.72. The third kappa shape index (κ3) is 5.25. The van der Waals surface area contributed by atoms with E-state index in [4.69, 9.17) is 19.6 Å². The molecule has 0 radical (unpaired) electrons. The second kappa shape index (κ2) is 11.4. The molecule has 2 aromatic heterocycles. The van der Waals surface area contributed by atoms with Crippen LogP contribution in [0, 0.1) is 5.82 Å². The van der Waals surface area contributed by atoms with Gasteiger partial charge in [-0.25, -0.2) is 14.1 Å². The number of piperidine rings is 1. The van der Waals surface area contributed by atoms with Gasteiger partial charge in [0.05, 0.1) is 41.8 Å². The Labute approximate surface area is 233 Å². The van der Waals surface area contributed by atoms with Gasteiger partial charge in [-0.2, -0.15) is 5.10 Å². The molecule has 3 aromatic rings. The molecule has 2 aliphatic heterocycles. The second-order valence-corrected chi connectivity index (χ2v) is 11.0. The number of aromatic nitrogens is 3. The third-order valence-electron chi connectivity index (χ3n) is 8.39. The monoisotopic (exact) mass is 554 g/mol. The molecule has 39 heavy (non-hydrogen) atoms. The molecule has 11 heteroatoms. The molecule has 1 unspecified atom stereocenters. The van der Waals surface area contributed by atoms with Gasteiger partial charge in [0.1, 0.15) is 11.5 Å². The number of anilines is 1. The average molecular weight is 555 g/mol. The maximum Gasteiger partial charge on any atom is 0.279 e. The quantitative estimate of drug-likeness (QED) is 0.431. The molecule has 3 aliphatic rings. The van der Waals surface area contributed by atoms with Gasteiger partial charge >= 0.3 is 0 Å². The van der Waals surface area contributed by atoms with Crippen LogP contribution in [-0.2, 0) is 9.47 Å². The molecule has 1 amide bonds. The first-order chi connectivity index (χ1) is 19.1. The van der Waals surface area contributed by atoms with Gasteiger partial charge < -0.3 is 14.4 Å². The Morgan fingerprint density at radius 2 is 1.95 bits per heavy atom. The van der Waals surface area contributed by atoms with Crippen molar-refractivity contribution in [3.8, 4) is 5.69 Å². The standard InChI is InChI=1S/C28H35FN6O3S/c1-37-17-22-16-34(13-14-38-22)20-9-11-33(12-10-20)24-15-23(28(36)32-39)30-27-25(24)26(18-3-2-4-18)31-35(27)21-7-5-19(29)6-8-21/h5-8,15,18,20,22,39H,2-4,9-14,16-17H2,1H3,(H,32,36). The van der Waals surface area contributed by atoms with Crippen molar-refractivity contribution in [3.63, 3.8) is 0 Å². The zero-order valence-corrected chi connectivity index (χ0v) is 23.1. The Hall–Kier alpha value is -2.73. The smallest absolute Gasteiger partial charge is 0.279 e. The Morgan fingerprint density at radius 1 is 1.18 bits per heavy atom. The maximum absolute atomic E-state index is 13.7. The summed E-state index contributed by atoms with van der Waals surface area (Å²) in [6.07, 6.45) is 5.48. The number of pyridine rings is 1. The van der Waals surface area contributed by atoms with Gasteiger partial charge in [-0.3, -0.25) is 14.4 Å². The van der Waals surface area contributed by atoms with E-state index >= 15 is 0 Å². The number of benzene rings is 1. The highest BCUT2D eigenvalue weighted by Crippen LogP contribution is 2.43. The van der Waals surface area contributed by atoms with E-state index in [1.807, 2.05) is 6.07 Å². The number of morpholine rings is 1. The number of fused-ring (bicyclic) bond motifs is 1. The highest BCUT2D eigenvalue weighted by atomic mass is 32.1. The fraction of sp³-hybridized carbons (Fsp3) is 0.536. The molecule has 9 nitrogen and oxygen atoms in total. The number of halogens is 1. The number of carbonyl (C=O) groups is 1. The van der Waals surface area contributed by atoms with Crippen LogP contribution in [0.25, 0.3) is 16.7 Å². The van der Waals surface area contributed by atoms with E-state index in [1.54, 1.807) is 23.9 Å². The molecule has 2 saturated heterocycles. The van der Waals surface area contributed by atoms with Crippen molar-refractivity contribution >= 4 is 35.4 Å². The molecule has 1 aliphatic carbocycles. The summed E-state index contributed by atoms with van der Waals surface area (Å²) < 4.78 is 29.1. The number of nitrogens with one attached hydrogen (secondary N) is 1. The molecule has 1 aromatic carbocycles. The highest BCUT2D eigenvalue weighted by molar-refractivity contribution is 7.78. The van der Waals surface area contributed by atoms with Crippen molar-refractivity contribution in [3.05, 3.63) is 47.5 Å². The van der Waals surface area contributed by atoms with Crippen LogP contribution in [0.3, 0.4) is 0 Å². The van der Waals surface area contributed by atoms with E-state index in [-0.39, 0.29) is 23.5 Å². The molecule has 208 valence electrons. The first-order valence-corrected chi connectivity index (χ1v) is 14.2. The normalized spacial score (nSPS) is 21.3. The third-order valence-corrected chi connectivity index (χ3v) is 8.59. The number of ether oxygens (including phenoxy) is 2. The van der Waals surface area contributed by atoms with Gasteiger partial charge in [-0.15, -0.1) is 0 Å². The Bertz CT molecular complexity index is 1320. The molecule has 6 rings (SSSR count). The van der Waals surface area contributed by atoms with Gasteiger partial charge in [-0.05, 0) is 56.0 Å². The lowest BCUT2D eigenvalue weighted by Gasteiger charge is -2.43. The number of rotatable bonds is 7. The first-order valence-electron chi connectivity index (χ1n) is 13.8. The predicted molar refractivity (Wildman–Crippen MR) is 150 cm³/mol. The topological polar surface area (TPSA) is 84.8 Å². The summed E-state index contributed by atoms with van der Waals surface area (Å²) in [5.74, 6) is -0.330. The van der Waals surface area contributed by atoms with E-state index in [0.29, 0.717) is 29.9 Å². The van der Waals surface area contributed by atoms with E-state index in [1.165, 1.54) is 18.6 Å². The van der Waals surface area contributed by atoms with Crippen molar-refractivity contribution in [1.82, 2.24) is 24.4 Å². The lowest BCUT2D eigenvalue weighted by atomic mass is 9.82. The highest BCUT2D eigenvalue weighted by Gasteiger charge is 2.33. The molecular weight excluding hydrogens is 519 g/mol. The number of hydrogen-bond donors (Lipinski definition) is 2. The summed E-state index contributed by atoms with van der Waals surface area (Å²) in [4.78, 5) is 22.4. The Kier molecular flexibility index (Phi) is 7.75. The van der Waals surface area contributed by atoms with Crippen LogP contribution in [0.1, 0.15) is 54.2 Å². The SMILES string of the molecule is COCC1CN(C2CCN(c3cc(C(=O)NS)nc4c3c(C3CCC3)nn4-c3ccc(F)cc3)CC2)CCO1. The van der Waals surface area contributed by atoms with Crippen LogP contribution in [0.5, 0.6) is 0 Å². The number of hydrogen-bond acceptors (Lipinski definition) is 8. The molecular formula is C28H35FN6O3S. The van der Waals surface area contributed by atoms with Crippen LogP contribution in [0.4, 0.5) is 10.1 Å². The minimum absolute atomic E-state index is 0.117. The van der Waals surface area contributed by atoms with Crippen molar-refractivity contribution in [1.29, 1.82) is 0 Å². The fourth-order valence-corrected chi connectivity index (χ4v) is 6.22. The molecule has 1 atom stereocenters. The minimum atomic E-state index is -0.370. The van der Waals surface area contributed by atoms with Crippen LogP contribution < -0.4 is 9.62 Å². The molecule has 3 fully saturated rings. The molecule has 0 spiro atoms. The van der Waals surface area contributed by atoms with Gasteiger partial charge in [-0.1, -0.05) is 19.2 Å². The van der Waals surface area contributed by atoms with Crippen molar-refractivity contribution < 1.29 is 18.7 Å². The van der Waals surface area contributed by atoms with E-state index < -0.39 is 0 Å². The molecule has 1 N–H and O–H groups in total. The van der Waals surface area contributed by atoms with Crippen LogP contribution >= 0.6 is 12.8 Å². The zero-order chi connectivity index (χ0) is 26.9. The summed E-state index contributed by atoms with van der Waals surface area (Å²) in [5.41, 5.74) is 3.61. The molecule has 0 bridgehead atoms. The summed E-state index contributed by atoms with van der Waals surface area (Å²) in [7, 11) is 1.72. The second-order valence-electron chi connectivity index (χ2n) is 10.7. The summed E-state index contributed by atoms with van der Waals surface area (Å²) in [6.45, 7) is 4.90. The van der Waals surface area contributed by atoms with E-state index in [0.717, 1.165) is 75.2 Å². The average Bonchev–Trinajstić information content (AvgIpc) is 3.31. The van der Waals surface area contributed by atoms with Crippen molar-refractivity contribution in [2.75, 3.05) is 51.4 Å². The Morgan fingerprint density at radius 3 is 2.62 bits per heavy atom. The Balaban J connectivity index is 1.36. The van der Waals surface area contributed by atoms with Gasteiger partial charge in [0.25, 0.3) is 5.91 Å². The number of methoxy groups -OCH3 is 1. The van der Waals surface area contributed by atoms with Crippen LogP contribution in [0.15, 0.2) is 30.3 Å². The zero-order valence-electron chi connectivity index (χ0n) is 22.2. The van der Waals surface area contributed by atoms with E-state index in [9.17, 15) is 9.18 Å². The van der Waals surface area contributed by atoms with Gasteiger partial charge in [0, 0.05) is 45.2 Å². The first kappa shape index (κ1) is 26.5. The number of thiol groups is 1. The molecule has 4 heterocycles. The lowest BCUT2D eigenvalue weighted by Crippen LogP contribution is -2.52. The van der Waals surface area contributed by atoms with E-state index in [2.05, 4.69) is 27.3 Å². The van der Waals surface area contributed by atoms with Gasteiger partial charge in [0.15, 0.2) is 5.65 Å². The number of amides is 1. The maximum atomic E-state index is 13.7. The van der Waals surface area contributed by atoms with Crippen LogP contribution in [-0.4, -0.2) is 84.2 Å². The fourth-order valence-electron chi connectivity index (χ4n) is 6.11. The van der Waals surface area contributed by atoms with Crippen LogP contribution in [0.2, 0.25) is 0 Å². The summed E-state index contributed by atoms with van der Waals surface area (Å²) >= 11 is 4.00. The van der Waals surface area contributed by atoms with Crippen molar-refractivity contribution in [2.45, 2.75) is 50.2 Å². The lowest BCUT2D eigenvalue weighted by molar-refractivity contribution is -0.0740. The molecule has 1 saturated carbocycles. The van der Waals surface area contributed by atoms with Gasteiger partial charge in [0.2, 0.25) is 0 Å². The largest absolute Gasteiger partial charge is 0.382 e. The minimum Gasteiger partial charge on any atom is -0.382 e. The summed E-state index contributed by atoms with van der Waals surface area (Å²) in [5, 5.41) is 6.02.